The summed E-state index contributed by atoms with van der Waals surface area (Å²) in [6.45, 7) is 5.68. The van der Waals surface area contributed by atoms with Crippen molar-refractivity contribution >= 4 is 34.7 Å². The van der Waals surface area contributed by atoms with Gasteiger partial charge >= 0.3 is 0 Å². The lowest BCUT2D eigenvalue weighted by atomic mass is 10.1. The highest BCUT2D eigenvalue weighted by Crippen LogP contribution is 2.44. The highest BCUT2D eigenvalue weighted by atomic mass is 32.2. The molecule has 1 amide bonds. The summed E-state index contributed by atoms with van der Waals surface area (Å²) < 4.78 is 6.35. The Labute approximate surface area is 172 Å². The van der Waals surface area contributed by atoms with Crippen LogP contribution in [-0.4, -0.2) is 26.8 Å². The third-order valence-electron chi connectivity index (χ3n) is 4.41. The van der Waals surface area contributed by atoms with Gasteiger partial charge in [0.05, 0.1) is 10.6 Å². The zero-order valence-electron chi connectivity index (χ0n) is 15.9. The summed E-state index contributed by atoms with van der Waals surface area (Å²) in [5, 5.41) is 11.3. The van der Waals surface area contributed by atoms with Crippen LogP contribution in [0.15, 0.2) is 40.9 Å². The van der Waals surface area contributed by atoms with Crippen molar-refractivity contribution in [2.24, 2.45) is 0 Å². The van der Waals surface area contributed by atoms with Gasteiger partial charge in [0.15, 0.2) is 5.69 Å². The number of thioether (sulfide) groups is 1. The normalized spacial score (nSPS) is 15.4. The number of ether oxygens (including phenoxy) is 1. The Balaban J connectivity index is 1.91. The molecule has 144 valence electrons. The van der Waals surface area contributed by atoms with Crippen molar-refractivity contribution in [3.63, 3.8) is 0 Å². The summed E-state index contributed by atoms with van der Waals surface area (Å²) in [4.78, 5) is 20.0. The van der Waals surface area contributed by atoms with Gasteiger partial charge in [0.1, 0.15) is 0 Å². The Bertz CT molecular complexity index is 1020. The second-order valence-corrected chi connectivity index (χ2v) is 8.45. The third-order valence-corrected chi connectivity index (χ3v) is 6.51. The molecule has 2 aromatic heterocycles. The van der Waals surface area contributed by atoms with Gasteiger partial charge < -0.3 is 4.74 Å². The average Bonchev–Trinajstić information content (AvgIpc) is 3.05. The van der Waals surface area contributed by atoms with E-state index in [0.29, 0.717) is 16.7 Å². The molecule has 0 saturated carbocycles. The van der Waals surface area contributed by atoms with Crippen LogP contribution in [0.4, 0.5) is 5.69 Å². The number of aryl methyl sites for hydroxylation is 1. The van der Waals surface area contributed by atoms with Gasteiger partial charge in [-0.2, -0.15) is 4.98 Å². The number of rotatable bonds is 4. The van der Waals surface area contributed by atoms with Gasteiger partial charge in [0.2, 0.25) is 23.2 Å². The fraction of sp³-hybridized carbons (Fsp3) is 0.300. The first kappa shape index (κ1) is 18.9. The molecular weight excluding hydrogens is 392 g/mol. The molecule has 0 N–H and O–H groups in total. The molecule has 0 saturated heterocycles. The number of aromatic nitrogens is 3. The molecule has 0 unspecified atom stereocenters. The highest BCUT2D eigenvalue weighted by Gasteiger charge is 2.35. The first-order valence-corrected chi connectivity index (χ1v) is 10.9. The monoisotopic (exact) mass is 412 g/mol. The smallest absolute Gasteiger partial charge is 0.247 e. The van der Waals surface area contributed by atoms with E-state index in [1.165, 1.54) is 0 Å². The summed E-state index contributed by atoms with van der Waals surface area (Å²) in [5.74, 6) is 1.21. The first-order valence-electron chi connectivity index (χ1n) is 9.07. The average molecular weight is 413 g/mol. The van der Waals surface area contributed by atoms with Crippen molar-refractivity contribution in [3.8, 4) is 17.1 Å². The van der Waals surface area contributed by atoms with Crippen LogP contribution < -0.4 is 9.64 Å². The van der Waals surface area contributed by atoms with Crippen LogP contribution in [0.25, 0.3) is 11.3 Å². The van der Waals surface area contributed by atoms with Crippen molar-refractivity contribution in [1.82, 2.24) is 15.2 Å². The maximum Gasteiger partial charge on any atom is 0.247 e. The van der Waals surface area contributed by atoms with E-state index in [1.54, 1.807) is 34.9 Å². The Morgan fingerprint density at radius 2 is 2.11 bits per heavy atom. The Hall–Kier alpha value is -2.45. The third kappa shape index (κ3) is 3.38. The van der Waals surface area contributed by atoms with Crippen molar-refractivity contribution in [2.75, 3.05) is 10.7 Å². The summed E-state index contributed by atoms with van der Waals surface area (Å²) in [6, 6.07) is 9.68. The minimum absolute atomic E-state index is 0.105. The van der Waals surface area contributed by atoms with Crippen LogP contribution in [0.1, 0.15) is 36.9 Å². The molecule has 8 heteroatoms. The van der Waals surface area contributed by atoms with Gasteiger partial charge in [0.25, 0.3) is 0 Å². The molecule has 1 aromatic carbocycles. The van der Waals surface area contributed by atoms with Crippen LogP contribution >= 0.6 is 23.1 Å². The molecule has 3 heterocycles. The van der Waals surface area contributed by atoms with Crippen molar-refractivity contribution in [1.29, 1.82) is 0 Å². The molecule has 6 nitrogen and oxygen atoms in total. The van der Waals surface area contributed by atoms with E-state index >= 15 is 0 Å². The Kier molecular flexibility index (Phi) is 5.32. The molecular formula is C20H20N4O2S2. The topological polar surface area (TPSA) is 68.2 Å². The van der Waals surface area contributed by atoms with Gasteiger partial charge in [-0.1, -0.05) is 36.9 Å². The standard InChI is InChI=1S/C20H20N4O2S2/c1-4-10-28-20-21-18-16(22-23-20)14-7-5-6-8-15(14)24(13(3)25)19(26-18)17-12(2)9-11-27-17/h5-9,11,19H,4,10H2,1-3H3/t19-/m0/s1. The zero-order valence-corrected chi connectivity index (χ0v) is 17.5. The van der Waals surface area contributed by atoms with E-state index in [9.17, 15) is 4.79 Å². The quantitative estimate of drug-likeness (QED) is 0.570. The maximum absolute atomic E-state index is 12.7. The number of thiophene rings is 1. The maximum atomic E-state index is 12.7. The van der Waals surface area contributed by atoms with Crippen LogP contribution in [0, 0.1) is 6.92 Å². The number of fused-ring (bicyclic) bond motifs is 3. The number of carbonyl (C=O) groups is 1. The fourth-order valence-electron chi connectivity index (χ4n) is 3.12. The molecule has 0 fully saturated rings. The molecule has 0 bridgehead atoms. The molecule has 1 atom stereocenters. The zero-order chi connectivity index (χ0) is 19.7. The number of amides is 1. The minimum atomic E-state index is -0.597. The molecule has 0 aliphatic carbocycles. The molecule has 1 aliphatic rings. The fourth-order valence-corrected chi connectivity index (χ4v) is 4.69. The SMILES string of the molecule is CCCSc1nnc2c(n1)O[C@@H](c1sccc1C)N(C(C)=O)c1ccccc1-2. The second-order valence-electron chi connectivity index (χ2n) is 6.44. The molecule has 4 rings (SSSR count). The van der Waals surface area contributed by atoms with Gasteiger partial charge in [-0.05, 0) is 36.4 Å². The summed E-state index contributed by atoms with van der Waals surface area (Å²) in [6.07, 6.45) is 0.421. The van der Waals surface area contributed by atoms with Crippen LogP contribution in [0.2, 0.25) is 0 Å². The second kappa shape index (κ2) is 7.89. The van der Waals surface area contributed by atoms with Crippen molar-refractivity contribution < 1.29 is 9.53 Å². The van der Waals surface area contributed by atoms with E-state index in [0.717, 1.165) is 33.9 Å². The largest absolute Gasteiger partial charge is 0.446 e. The van der Waals surface area contributed by atoms with Crippen LogP contribution in [-0.2, 0) is 4.79 Å². The first-order chi connectivity index (χ1) is 13.6. The van der Waals surface area contributed by atoms with E-state index in [-0.39, 0.29) is 5.91 Å². The number of anilines is 1. The number of benzene rings is 1. The van der Waals surface area contributed by atoms with Crippen molar-refractivity contribution in [2.45, 2.75) is 38.6 Å². The lowest BCUT2D eigenvalue weighted by Crippen LogP contribution is -2.35. The minimum Gasteiger partial charge on any atom is -0.446 e. The van der Waals surface area contributed by atoms with E-state index < -0.39 is 6.23 Å². The summed E-state index contributed by atoms with van der Waals surface area (Å²) in [5.41, 5.74) is 3.16. The number of nitrogens with zero attached hydrogens (tertiary/aromatic N) is 4. The lowest BCUT2D eigenvalue weighted by molar-refractivity contribution is -0.118. The van der Waals surface area contributed by atoms with Crippen LogP contribution in [0.3, 0.4) is 0 Å². The van der Waals surface area contributed by atoms with Gasteiger partial charge in [-0.15, -0.1) is 21.5 Å². The highest BCUT2D eigenvalue weighted by molar-refractivity contribution is 7.99. The van der Waals surface area contributed by atoms with E-state index in [2.05, 4.69) is 22.1 Å². The predicted octanol–water partition coefficient (Wildman–Crippen LogP) is 4.85. The number of para-hydroxylation sites is 1. The van der Waals surface area contributed by atoms with E-state index in [1.807, 2.05) is 42.6 Å². The summed E-state index contributed by atoms with van der Waals surface area (Å²) in [7, 11) is 0. The molecule has 0 spiro atoms. The lowest BCUT2D eigenvalue weighted by Gasteiger charge is -2.29. The molecule has 0 radical (unpaired) electrons. The van der Waals surface area contributed by atoms with Crippen molar-refractivity contribution in [3.05, 3.63) is 46.2 Å². The van der Waals surface area contributed by atoms with E-state index in [4.69, 9.17) is 4.74 Å². The molecule has 28 heavy (non-hydrogen) atoms. The van der Waals surface area contributed by atoms with Gasteiger partial charge in [0, 0.05) is 18.2 Å². The Morgan fingerprint density at radius 3 is 2.82 bits per heavy atom. The molecule has 1 aliphatic heterocycles. The predicted molar refractivity (Wildman–Crippen MR) is 112 cm³/mol. The molecule has 3 aromatic rings. The number of hydrogen-bond donors (Lipinski definition) is 0. The van der Waals surface area contributed by atoms with Crippen LogP contribution in [0.5, 0.6) is 5.88 Å². The number of carbonyl (C=O) groups excluding carboxylic acids is 1. The van der Waals surface area contributed by atoms with Gasteiger partial charge in [-0.25, -0.2) is 0 Å². The summed E-state index contributed by atoms with van der Waals surface area (Å²) >= 11 is 3.11. The van der Waals surface area contributed by atoms with Gasteiger partial charge in [-0.3, -0.25) is 9.69 Å². The Morgan fingerprint density at radius 1 is 1.29 bits per heavy atom. The number of hydrogen-bond acceptors (Lipinski definition) is 7.